The fourth-order valence-electron chi connectivity index (χ4n) is 2.47. The topological polar surface area (TPSA) is 66.9 Å². The third-order valence-corrected chi connectivity index (χ3v) is 4.42. The highest BCUT2D eigenvalue weighted by molar-refractivity contribution is 6.31. The maximum Gasteiger partial charge on any atom is 0.274 e. The Kier molecular flexibility index (Phi) is 5.98. The molecule has 0 atom stereocenters. The van der Waals surface area contributed by atoms with Crippen LogP contribution in [0, 0.1) is 12.7 Å². The van der Waals surface area contributed by atoms with Gasteiger partial charge in [0.25, 0.3) is 5.91 Å². The van der Waals surface area contributed by atoms with Crippen molar-refractivity contribution in [2.75, 3.05) is 17.2 Å². The van der Waals surface area contributed by atoms with Gasteiger partial charge in [-0.3, -0.25) is 4.79 Å². The van der Waals surface area contributed by atoms with E-state index in [0.29, 0.717) is 29.6 Å². The summed E-state index contributed by atoms with van der Waals surface area (Å²) < 4.78 is 12.9. The summed E-state index contributed by atoms with van der Waals surface area (Å²) in [5.41, 5.74) is 2.67. The molecule has 1 amide bonds. The lowest BCUT2D eigenvalue weighted by Crippen LogP contribution is -2.16. The molecule has 0 saturated carbocycles. The molecule has 0 bridgehead atoms. The van der Waals surface area contributed by atoms with Crippen LogP contribution in [0.4, 0.5) is 16.0 Å². The van der Waals surface area contributed by atoms with Crippen molar-refractivity contribution >= 4 is 29.1 Å². The molecule has 1 aromatic heterocycles. The highest BCUT2D eigenvalue weighted by atomic mass is 35.5. The summed E-state index contributed by atoms with van der Waals surface area (Å²) in [6.45, 7) is 2.39. The Morgan fingerprint density at radius 2 is 1.93 bits per heavy atom. The highest BCUT2D eigenvalue weighted by Gasteiger charge is 2.11. The summed E-state index contributed by atoms with van der Waals surface area (Å²) in [6, 6.07) is 13.2. The van der Waals surface area contributed by atoms with Gasteiger partial charge in [0.2, 0.25) is 5.95 Å². The normalized spacial score (nSPS) is 10.5. The molecule has 0 fully saturated rings. The molecule has 0 aliphatic carbocycles. The van der Waals surface area contributed by atoms with Crippen LogP contribution in [0.1, 0.15) is 21.6 Å². The molecule has 27 heavy (non-hydrogen) atoms. The first kappa shape index (κ1) is 18.8. The van der Waals surface area contributed by atoms with E-state index in [0.717, 1.165) is 11.1 Å². The molecule has 0 aliphatic rings. The van der Waals surface area contributed by atoms with Gasteiger partial charge in [0.15, 0.2) is 0 Å². The molecule has 138 valence electrons. The summed E-state index contributed by atoms with van der Waals surface area (Å²) >= 11 is 6.08. The number of rotatable bonds is 6. The van der Waals surface area contributed by atoms with Crippen LogP contribution in [0.3, 0.4) is 0 Å². The van der Waals surface area contributed by atoms with Crippen molar-refractivity contribution in [2.45, 2.75) is 13.3 Å². The fourth-order valence-corrected chi connectivity index (χ4v) is 2.64. The second-order valence-corrected chi connectivity index (χ2v) is 6.34. The van der Waals surface area contributed by atoms with Gasteiger partial charge in [0.1, 0.15) is 11.5 Å². The SMILES string of the molecule is Cc1c(Cl)cccc1NC(=O)c1ccnc(NCCc2ccc(F)cc2)n1. The van der Waals surface area contributed by atoms with Crippen LogP contribution >= 0.6 is 11.6 Å². The van der Waals surface area contributed by atoms with E-state index >= 15 is 0 Å². The van der Waals surface area contributed by atoms with Crippen molar-refractivity contribution in [3.63, 3.8) is 0 Å². The van der Waals surface area contributed by atoms with E-state index in [1.807, 2.05) is 6.92 Å². The van der Waals surface area contributed by atoms with Crippen LogP contribution in [-0.4, -0.2) is 22.4 Å². The Hall–Kier alpha value is -2.99. The number of carbonyl (C=O) groups is 1. The maximum absolute atomic E-state index is 12.9. The van der Waals surface area contributed by atoms with Gasteiger partial charge in [-0.1, -0.05) is 29.8 Å². The van der Waals surface area contributed by atoms with Gasteiger partial charge in [-0.25, -0.2) is 14.4 Å². The lowest BCUT2D eigenvalue weighted by atomic mass is 10.1. The second-order valence-electron chi connectivity index (χ2n) is 5.94. The Morgan fingerprint density at radius 1 is 1.15 bits per heavy atom. The van der Waals surface area contributed by atoms with Crippen LogP contribution in [0.2, 0.25) is 5.02 Å². The lowest BCUT2D eigenvalue weighted by Gasteiger charge is -2.10. The molecule has 0 radical (unpaired) electrons. The van der Waals surface area contributed by atoms with Crippen molar-refractivity contribution in [3.05, 3.63) is 82.4 Å². The Morgan fingerprint density at radius 3 is 2.70 bits per heavy atom. The third-order valence-electron chi connectivity index (χ3n) is 4.01. The predicted octanol–water partition coefficient (Wildman–Crippen LogP) is 4.48. The van der Waals surface area contributed by atoms with E-state index in [1.54, 1.807) is 36.4 Å². The van der Waals surface area contributed by atoms with E-state index in [9.17, 15) is 9.18 Å². The zero-order valence-corrected chi connectivity index (χ0v) is 15.4. The van der Waals surface area contributed by atoms with Crippen molar-refractivity contribution in [3.8, 4) is 0 Å². The van der Waals surface area contributed by atoms with Crippen molar-refractivity contribution in [2.24, 2.45) is 0 Å². The first-order valence-corrected chi connectivity index (χ1v) is 8.78. The number of benzene rings is 2. The van der Waals surface area contributed by atoms with Gasteiger partial charge in [0.05, 0.1) is 0 Å². The van der Waals surface area contributed by atoms with Gasteiger partial charge in [-0.05, 0) is 54.8 Å². The van der Waals surface area contributed by atoms with Crippen LogP contribution < -0.4 is 10.6 Å². The first-order chi connectivity index (χ1) is 13.0. The number of amides is 1. The lowest BCUT2D eigenvalue weighted by molar-refractivity contribution is 0.102. The number of nitrogens with zero attached hydrogens (tertiary/aromatic N) is 2. The number of hydrogen-bond acceptors (Lipinski definition) is 4. The Labute approximate surface area is 161 Å². The molecule has 2 aromatic carbocycles. The number of aromatic nitrogens is 2. The maximum atomic E-state index is 12.9. The van der Waals surface area contributed by atoms with Crippen molar-refractivity contribution in [1.82, 2.24) is 9.97 Å². The minimum atomic E-state index is -0.343. The Bertz CT molecular complexity index is 947. The number of hydrogen-bond donors (Lipinski definition) is 2. The van der Waals surface area contributed by atoms with E-state index in [1.165, 1.54) is 18.3 Å². The van der Waals surface area contributed by atoms with Crippen LogP contribution in [-0.2, 0) is 6.42 Å². The molecule has 3 rings (SSSR count). The van der Waals surface area contributed by atoms with Crippen molar-refractivity contribution < 1.29 is 9.18 Å². The molecule has 1 heterocycles. The van der Waals surface area contributed by atoms with Crippen LogP contribution in [0.5, 0.6) is 0 Å². The minimum absolute atomic E-state index is 0.244. The number of anilines is 2. The summed E-state index contributed by atoms with van der Waals surface area (Å²) in [4.78, 5) is 20.8. The van der Waals surface area contributed by atoms with Gasteiger partial charge < -0.3 is 10.6 Å². The number of carbonyl (C=O) groups excluding carboxylic acids is 1. The summed E-state index contributed by atoms with van der Waals surface area (Å²) in [6.07, 6.45) is 2.20. The first-order valence-electron chi connectivity index (χ1n) is 8.41. The minimum Gasteiger partial charge on any atom is -0.354 e. The van der Waals surface area contributed by atoms with E-state index in [-0.39, 0.29) is 17.4 Å². The molecule has 3 aromatic rings. The van der Waals surface area contributed by atoms with Crippen LogP contribution in [0.15, 0.2) is 54.7 Å². The molecule has 0 saturated heterocycles. The average Bonchev–Trinajstić information content (AvgIpc) is 2.67. The zero-order chi connectivity index (χ0) is 19.2. The van der Waals surface area contributed by atoms with E-state index < -0.39 is 0 Å². The molecule has 5 nitrogen and oxygen atoms in total. The summed E-state index contributed by atoms with van der Waals surface area (Å²) in [5, 5.41) is 6.46. The summed E-state index contributed by atoms with van der Waals surface area (Å²) in [5.74, 6) is -0.249. The van der Waals surface area contributed by atoms with E-state index in [2.05, 4.69) is 20.6 Å². The second kappa shape index (κ2) is 8.60. The Balaban J connectivity index is 1.61. The fraction of sp³-hybridized carbons (Fsp3) is 0.150. The molecule has 0 aliphatic heterocycles. The standard InChI is InChI=1S/C20H18ClFN4O/c1-13-16(21)3-2-4-17(13)25-19(27)18-10-12-24-20(26-18)23-11-9-14-5-7-15(22)8-6-14/h2-8,10,12H,9,11H2,1H3,(H,25,27)(H,23,24,26). The summed E-state index contributed by atoms with van der Waals surface area (Å²) in [7, 11) is 0. The largest absolute Gasteiger partial charge is 0.354 e. The highest BCUT2D eigenvalue weighted by Crippen LogP contribution is 2.23. The van der Waals surface area contributed by atoms with Gasteiger partial charge in [-0.2, -0.15) is 0 Å². The number of nitrogens with one attached hydrogen (secondary N) is 2. The molecule has 0 spiro atoms. The average molecular weight is 385 g/mol. The molecular weight excluding hydrogens is 367 g/mol. The van der Waals surface area contributed by atoms with E-state index in [4.69, 9.17) is 11.6 Å². The van der Waals surface area contributed by atoms with Crippen molar-refractivity contribution in [1.29, 1.82) is 0 Å². The quantitative estimate of drug-likeness (QED) is 0.657. The van der Waals surface area contributed by atoms with Gasteiger partial charge >= 0.3 is 0 Å². The van der Waals surface area contributed by atoms with Gasteiger partial charge in [-0.15, -0.1) is 0 Å². The van der Waals surface area contributed by atoms with Gasteiger partial charge in [0, 0.05) is 23.5 Å². The molecule has 2 N–H and O–H groups in total. The third kappa shape index (κ3) is 5.01. The zero-order valence-electron chi connectivity index (χ0n) is 14.7. The monoisotopic (exact) mass is 384 g/mol. The number of halogens is 2. The molecule has 0 unspecified atom stereocenters. The molecule has 7 heteroatoms. The smallest absolute Gasteiger partial charge is 0.274 e. The molecular formula is C20H18ClFN4O. The predicted molar refractivity (Wildman–Crippen MR) is 105 cm³/mol. The van der Waals surface area contributed by atoms with Crippen LogP contribution in [0.25, 0.3) is 0 Å².